The number of nitrogens with zero attached hydrogens (tertiary/aromatic N) is 5. The Morgan fingerprint density at radius 3 is 2.53 bits per heavy atom. The maximum atomic E-state index is 12.8. The van der Waals surface area contributed by atoms with Crippen molar-refractivity contribution in [1.82, 2.24) is 14.5 Å². The van der Waals surface area contributed by atoms with Gasteiger partial charge in [-0.25, -0.2) is 4.79 Å². The molecule has 1 aliphatic rings. The van der Waals surface area contributed by atoms with Gasteiger partial charge in [0.15, 0.2) is 5.82 Å². The van der Waals surface area contributed by atoms with E-state index in [1.807, 2.05) is 11.8 Å². The standard InChI is InChI=1S/C23H22F3N5O3/c1-4-33-18-13-31(12-11-17(18)34-15-7-5-14(6-8-15)23(24,25)26)21-20-16(30(3)22(32)29-21)9-10-19(27-2)28-20/h5-10,17-18H,4,11-13H2,1,3H3/t17-,18-/m0/s1. The molecule has 8 nitrogen and oxygen atoms in total. The molecule has 4 rings (SSSR count). The number of benzene rings is 1. The van der Waals surface area contributed by atoms with Crippen LogP contribution in [-0.4, -0.2) is 46.4 Å². The lowest BCUT2D eigenvalue weighted by molar-refractivity contribution is -0.137. The maximum absolute atomic E-state index is 12.8. The molecule has 1 aromatic carbocycles. The summed E-state index contributed by atoms with van der Waals surface area (Å²) in [5.74, 6) is 0.869. The first-order valence-electron chi connectivity index (χ1n) is 10.7. The second-order valence-electron chi connectivity index (χ2n) is 7.83. The van der Waals surface area contributed by atoms with Gasteiger partial charge in [0, 0.05) is 33.2 Å². The van der Waals surface area contributed by atoms with E-state index < -0.39 is 29.6 Å². The molecule has 11 heteroatoms. The van der Waals surface area contributed by atoms with Crippen molar-refractivity contribution in [2.75, 3.05) is 24.6 Å². The molecule has 0 bridgehead atoms. The molecule has 0 aliphatic carbocycles. The normalized spacial score (nSPS) is 18.6. The van der Waals surface area contributed by atoms with Crippen LogP contribution in [0.4, 0.5) is 24.8 Å². The van der Waals surface area contributed by atoms with E-state index in [9.17, 15) is 18.0 Å². The fourth-order valence-electron chi connectivity index (χ4n) is 3.97. The molecule has 3 aromatic rings. The van der Waals surface area contributed by atoms with Gasteiger partial charge in [-0.1, -0.05) is 6.57 Å². The van der Waals surface area contributed by atoms with Gasteiger partial charge in [-0.3, -0.25) is 4.57 Å². The fraction of sp³-hybridized carbons (Fsp3) is 0.391. The summed E-state index contributed by atoms with van der Waals surface area (Å²) < 4.78 is 51.8. The average Bonchev–Trinajstić information content (AvgIpc) is 2.82. The summed E-state index contributed by atoms with van der Waals surface area (Å²) in [6.45, 7) is 10.3. The molecular weight excluding hydrogens is 451 g/mol. The third-order valence-electron chi connectivity index (χ3n) is 5.68. The van der Waals surface area contributed by atoms with E-state index in [1.165, 1.54) is 16.7 Å². The zero-order chi connectivity index (χ0) is 24.5. The van der Waals surface area contributed by atoms with Crippen LogP contribution in [0.5, 0.6) is 5.75 Å². The van der Waals surface area contributed by atoms with Crippen LogP contribution in [0.1, 0.15) is 18.9 Å². The molecule has 2 atom stereocenters. The predicted molar refractivity (Wildman–Crippen MR) is 119 cm³/mol. The van der Waals surface area contributed by atoms with Gasteiger partial charge in [-0.15, -0.1) is 4.98 Å². The van der Waals surface area contributed by atoms with Gasteiger partial charge in [-0.2, -0.15) is 18.2 Å². The predicted octanol–water partition coefficient (Wildman–Crippen LogP) is 3.96. The Labute approximate surface area is 193 Å². The van der Waals surface area contributed by atoms with Crippen molar-refractivity contribution in [3.63, 3.8) is 0 Å². The van der Waals surface area contributed by atoms with E-state index in [0.717, 1.165) is 12.1 Å². The molecule has 1 aliphatic heterocycles. The molecular formula is C23H22F3N5O3. The number of pyridine rings is 1. The van der Waals surface area contributed by atoms with Gasteiger partial charge < -0.3 is 19.2 Å². The van der Waals surface area contributed by atoms with Gasteiger partial charge in [0.2, 0.25) is 5.52 Å². The Hall–Kier alpha value is -3.65. The molecule has 1 saturated heterocycles. The lowest BCUT2D eigenvalue weighted by Crippen LogP contribution is -2.51. The van der Waals surface area contributed by atoms with Crippen molar-refractivity contribution in [2.45, 2.75) is 31.7 Å². The summed E-state index contributed by atoms with van der Waals surface area (Å²) >= 11 is 0. The summed E-state index contributed by atoms with van der Waals surface area (Å²) in [5.41, 5.74) is -0.201. The van der Waals surface area contributed by atoms with Gasteiger partial charge >= 0.3 is 11.9 Å². The first-order chi connectivity index (χ1) is 16.2. The van der Waals surface area contributed by atoms with Crippen molar-refractivity contribution in [1.29, 1.82) is 0 Å². The highest BCUT2D eigenvalue weighted by molar-refractivity contribution is 5.87. The lowest BCUT2D eigenvalue weighted by atomic mass is 10.0. The minimum atomic E-state index is -4.42. The zero-order valence-electron chi connectivity index (χ0n) is 18.5. The Morgan fingerprint density at radius 2 is 1.88 bits per heavy atom. The van der Waals surface area contributed by atoms with Crippen LogP contribution in [0.2, 0.25) is 0 Å². The minimum Gasteiger partial charge on any atom is -0.488 e. The highest BCUT2D eigenvalue weighted by Gasteiger charge is 2.34. The number of aryl methyl sites for hydroxylation is 1. The van der Waals surface area contributed by atoms with E-state index in [4.69, 9.17) is 16.0 Å². The number of hydrogen-bond acceptors (Lipinski definition) is 6. The third kappa shape index (κ3) is 4.68. The fourth-order valence-corrected chi connectivity index (χ4v) is 3.97. The van der Waals surface area contributed by atoms with E-state index in [2.05, 4.69) is 14.8 Å². The summed E-state index contributed by atoms with van der Waals surface area (Å²) in [6.07, 6.45) is -4.77. The van der Waals surface area contributed by atoms with E-state index in [-0.39, 0.29) is 5.82 Å². The third-order valence-corrected chi connectivity index (χ3v) is 5.68. The van der Waals surface area contributed by atoms with Gasteiger partial charge in [0.1, 0.15) is 18.0 Å². The molecule has 0 unspecified atom stereocenters. The molecule has 2 aromatic heterocycles. The van der Waals surface area contributed by atoms with Crippen LogP contribution in [-0.2, 0) is 18.0 Å². The van der Waals surface area contributed by atoms with Crippen LogP contribution in [0, 0.1) is 6.57 Å². The SMILES string of the molecule is [C-]#[N+]c1ccc2c(n1)c(N1CC[C@H](Oc3ccc(C(F)(F)F)cc3)[C@@H](OCC)C1)nc(=O)n2C. The number of aromatic nitrogens is 3. The lowest BCUT2D eigenvalue weighted by Gasteiger charge is -2.38. The van der Waals surface area contributed by atoms with Crippen molar-refractivity contribution < 1.29 is 22.6 Å². The van der Waals surface area contributed by atoms with E-state index in [0.29, 0.717) is 48.7 Å². The van der Waals surface area contributed by atoms with Crippen LogP contribution >= 0.6 is 0 Å². The van der Waals surface area contributed by atoms with Crippen LogP contribution in [0.25, 0.3) is 15.9 Å². The number of alkyl halides is 3. The average molecular weight is 473 g/mol. The number of hydrogen-bond donors (Lipinski definition) is 0. The monoisotopic (exact) mass is 473 g/mol. The largest absolute Gasteiger partial charge is 0.488 e. The topological polar surface area (TPSA) is 73.8 Å². The van der Waals surface area contributed by atoms with Gasteiger partial charge in [-0.05, 0) is 43.3 Å². The Morgan fingerprint density at radius 1 is 1.15 bits per heavy atom. The maximum Gasteiger partial charge on any atom is 0.416 e. The quantitative estimate of drug-likeness (QED) is 0.523. The van der Waals surface area contributed by atoms with Crippen LogP contribution in [0.3, 0.4) is 0 Å². The summed E-state index contributed by atoms with van der Waals surface area (Å²) in [6, 6.07) is 7.77. The van der Waals surface area contributed by atoms with Gasteiger partial charge in [0.25, 0.3) is 5.82 Å². The van der Waals surface area contributed by atoms with E-state index >= 15 is 0 Å². The Balaban J connectivity index is 1.60. The second kappa shape index (κ2) is 9.30. The van der Waals surface area contributed by atoms with Crippen molar-refractivity contribution >= 4 is 22.7 Å². The smallest absolute Gasteiger partial charge is 0.416 e. The molecule has 178 valence electrons. The van der Waals surface area contributed by atoms with Crippen LogP contribution < -0.4 is 15.3 Å². The molecule has 0 saturated carbocycles. The Bertz CT molecular complexity index is 1280. The number of halogens is 3. The zero-order valence-corrected chi connectivity index (χ0v) is 18.5. The number of ether oxygens (including phenoxy) is 2. The summed E-state index contributed by atoms with van der Waals surface area (Å²) in [7, 11) is 1.59. The molecule has 34 heavy (non-hydrogen) atoms. The molecule has 3 heterocycles. The molecule has 0 spiro atoms. The van der Waals surface area contributed by atoms with Gasteiger partial charge in [0.05, 0.1) is 11.1 Å². The van der Waals surface area contributed by atoms with Crippen LogP contribution in [0.15, 0.2) is 41.2 Å². The van der Waals surface area contributed by atoms with Crippen molar-refractivity contribution in [3.8, 4) is 5.75 Å². The number of fused-ring (bicyclic) bond motifs is 1. The minimum absolute atomic E-state index is 0.191. The highest BCUT2D eigenvalue weighted by atomic mass is 19.4. The number of rotatable bonds is 5. The van der Waals surface area contributed by atoms with Crippen molar-refractivity contribution in [3.05, 3.63) is 63.9 Å². The van der Waals surface area contributed by atoms with E-state index in [1.54, 1.807) is 19.2 Å². The molecule has 0 radical (unpaired) electrons. The summed E-state index contributed by atoms with van der Waals surface area (Å²) in [5, 5.41) is 0. The molecule has 0 N–H and O–H groups in total. The summed E-state index contributed by atoms with van der Waals surface area (Å²) in [4.78, 5) is 26.3. The van der Waals surface area contributed by atoms with Crippen molar-refractivity contribution in [2.24, 2.45) is 7.05 Å². The Kier molecular flexibility index (Phi) is 6.43. The number of anilines is 1. The molecule has 1 fully saturated rings. The first kappa shape index (κ1) is 23.5. The second-order valence-corrected chi connectivity index (χ2v) is 7.83. The number of piperidine rings is 1. The first-order valence-corrected chi connectivity index (χ1v) is 10.7. The molecule has 0 amide bonds. The highest BCUT2D eigenvalue weighted by Crippen LogP contribution is 2.32.